The highest BCUT2D eigenvalue weighted by atomic mass is 79.9. The van der Waals surface area contributed by atoms with Crippen molar-refractivity contribution in [2.24, 2.45) is 0 Å². The van der Waals surface area contributed by atoms with Gasteiger partial charge in [-0.05, 0) is 75.1 Å². The van der Waals surface area contributed by atoms with Gasteiger partial charge >= 0.3 is 5.97 Å². The first-order valence-electron chi connectivity index (χ1n) is 8.69. The Balaban J connectivity index is 1.83. The highest BCUT2D eigenvalue weighted by molar-refractivity contribution is 9.10. The molecule has 0 heterocycles. The molecule has 3 aromatic rings. The number of nitriles is 1. The summed E-state index contributed by atoms with van der Waals surface area (Å²) in [5.74, 6) is -0.500. The maximum Gasteiger partial charge on any atom is 0.335 e. The lowest BCUT2D eigenvalue weighted by Crippen LogP contribution is -1.97. The van der Waals surface area contributed by atoms with Gasteiger partial charge in [0, 0.05) is 4.47 Å². The molecule has 0 aliphatic heterocycles. The fourth-order valence-electron chi connectivity index (χ4n) is 2.68. The zero-order valence-corrected chi connectivity index (χ0v) is 19.3. The van der Waals surface area contributed by atoms with Crippen molar-refractivity contribution in [3.8, 4) is 11.8 Å². The molecule has 0 saturated heterocycles. The average Bonchev–Trinajstić information content (AvgIpc) is 2.73. The summed E-state index contributed by atoms with van der Waals surface area (Å²) < 4.78 is 7.52. The Hall–Kier alpha value is -2.59. The second-order valence-electron chi connectivity index (χ2n) is 6.28. The van der Waals surface area contributed by atoms with Crippen LogP contribution < -0.4 is 4.74 Å². The number of allylic oxidation sites excluding steroid dienone is 1. The van der Waals surface area contributed by atoms with Gasteiger partial charge in [0.15, 0.2) is 5.75 Å². The maximum absolute atomic E-state index is 11.0. The van der Waals surface area contributed by atoms with Gasteiger partial charge in [0.1, 0.15) is 6.61 Å². The van der Waals surface area contributed by atoms with Crippen molar-refractivity contribution in [3.63, 3.8) is 0 Å². The molecule has 0 unspecified atom stereocenters. The van der Waals surface area contributed by atoms with Gasteiger partial charge in [-0.1, -0.05) is 51.8 Å². The largest absolute Gasteiger partial charge is 0.486 e. The molecular weight excluding hydrogens is 534 g/mol. The van der Waals surface area contributed by atoms with Crippen LogP contribution in [0.15, 0.2) is 69.6 Å². The van der Waals surface area contributed by atoms with Crippen LogP contribution in [-0.4, -0.2) is 11.1 Å². The number of carbonyl (C=O) groups is 1. The first-order chi connectivity index (χ1) is 14.4. The summed E-state index contributed by atoms with van der Waals surface area (Å²) in [7, 11) is 0. The van der Waals surface area contributed by atoms with Crippen molar-refractivity contribution < 1.29 is 14.6 Å². The van der Waals surface area contributed by atoms with Crippen molar-refractivity contribution in [3.05, 3.63) is 96.9 Å². The highest BCUT2D eigenvalue weighted by Gasteiger charge is 2.11. The SMILES string of the molecule is N#C/C(=C/c1cc(Cl)c(OCc2ccc(Br)cc2)c(Br)c1)c1ccc(C(=O)O)cc1. The second-order valence-corrected chi connectivity index (χ2v) is 8.46. The Morgan fingerprint density at radius 1 is 1.07 bits per heavy atom. The number of benzene rings is 3. The van der Waals surface area contributed by atoms with Crippen LogP contribution in [0.5, 0.6) is 5.75 Å². The molecule has 0 spiro atoms. The third kappa shape index (κ3) is 5.51. The van der Waals surface area contributed by atoms with Crippen molar-refractivity contribution >= 4 is 61.1 Å². The number of rotatable bonds is 6. The minimum atomic E-state index is -1.02. The quantitative estimate of drug-likeness (QED) is 0.262. The summed E-state index contributed by atoms with van der Waals surface area (Å²) in [6.07, 6.45) is 1.69. The van der Waals surface area contributed by atoms with Crippen molar-refractivity contribution in [1.82, 2.24) is 0 Å². The molecule has 0 amide bonds. The monoisotopic (exact) mass is 545 g/mol. The lowest BCUT2D eigenvalue weighted by atomic mass is 10.0. The van der Waals surface area contributed by atoms with Gasteiger partial charge < -0.3 is 9.84 Å². The zero-order chi connectivity index (χ0) is 21.7. The van der Waals surface area contributed by atoms with Crippen LogP contribution in [0, 0.1) is 11.3 Å². The van der Waals surface area contributed by atoms with E-state index < -0.39 is 5.97 Å². The minimum absolute atomic E-state index is 0.161. The van der Waals surface area contributed by atoms with Gasteiger partial charge in [0.05, 0.1) is 26.7 Å². The van der Waals surface area contributed by atoms with Crippen molar-refractivity contribution in [1.29, 1.82) is 5.26 Å². The van der Waals surface area contributed by atoms with Gasteiger partial charge in [-0.15, -0.1) is 0 Å². The van der Waals surface area contributed by atoms with E-state index in [2.05, 4.69) is 37.9 Å². The molecule has 150 valence electrons. The summed E-state index contributed by atoms with van der Waals surface area (Å²) in [6.45, 7) is 0.361. The Morgan fingerprint density at radius 2 is 1.70 bits per heavy atom. The predicted molar refractivity (Wildman–Crippen MR) is 125 cm³/mol. The normalized spacial score (nSPS) is 11.1. The molecule has 0 fully saturated rings. The zero-order valence-electron chi connectivity index (χ0n) is 15.4. The Kier molecular flexibility index (Phi) is 7.33. The average molecular weight is 548 g/mol. The molecule has 0 aromatic heterocycles. The van der Waals surface area contributed by atoms with E-state index in [0.717, 1.165) is 10.0 Å². The van der Waals surface area contributed by atoms with E-state index >= 15 is 0 Å². The Morgan fingerprint density at radius 3 is 2.27 bits per heavy atom. The summed E-state index contributed by atoms with van der Waals surface area (Å²) in [4.78, 5) is 11.0. The summed E-state index contributed by atoms with van der Waals surface area (Å²) in [5.41, 5.74) is 2.88. The van der Waals surface area contributed by atoms with E-state index in [0.29, 0.717) is 38.6 Å². The van der Waals surface area contributed by atoms with Crippen LogP contribution in [0.2, 0.25) is 5.02 Å². The minimum Gasteiger partial charge on any atom is -0.486 e. The van der Waals surface area contributed by atoms with E-state index in [-0.39, 0.29) is 5.56 Å². The number of nitrogens with zero attached hydrogens (tertiary/aromatic N) is 1. The smallest absolute Gasteiger partial charge is 0.335 e. The van der Waals surface area contributed by atoms with E-state index in [1.165, 1.54) is 12.1 Å². The fourth-order valence-corrected chi connectivity index (χ4v) is 3.93. The lowest BCUT2D eigenvalue weighted by Gasteiger charge is -2.11. The molecule has 4 nitrogen and oxygen atoms in total. The Bertz CT molecular complexity index is 1130. The van der Waals surface area contributed by atoms with Gasteiger partial charge in [-0.3, -0.25) is 0 Å². The highest BCUT2D eigenvalue weighted by Crippen LogP contribution is 2.36. The molecule has 3 aromatic carbocycles. The molecule has 0 aliphatic carbocycles. The van der Waals surface area contributed by atoms with Crippen LogP contribution in [0.3, 0.4) is 0 Å². The van der Waals surface area contributed by atoms with E-state index in [1.807, 2.05) is 30.3 Å². The van der Waals surface area contributed by atoms with Crippen molar-refractivity contribution in [2.45, 2.75) is 6.61 Å². The molecule has 0 radical (unpaired) electrons. The molecule has 3 rings (SSSR count). The van der Waals surface area contributed by atoms with Gasteiger partial charge in [0.25, 0.3) is 0 Å². The molecule has 0 atom stereocenters. The fraction of sp³-hybridized carbons (Fsp3) is 0.0435. The number of ether oxygens (including phenoxy) is 1. The number of halogens is 3. The third-order valence-electron chi connectivity index (χ3n) is 4.19. The standard InChI is InChI=1S/C23H14Br2ClNO3/c24-19-7-1-14(2-8-19)13-30-22-20(25)10-15(11-21(22)26)9-18(12-27)16-3-5-17(6-4-16)23(28)29/h1-11H,13H2,(H,28,29)/b18-9-. The summed E-state index contributed by atoms with van der Waals surface area (Å²) in [6, 6.07) is 19.6. The molecule has 7 heteroatoms. The van der Waals surface area contributed by atoms with E-state index in [4.69, 9.17) is 21.4 Å². The summed E-state index contributed by atoms with van der Waals surface area (Å²) >= 11 is 13.3. The van der Waals surface area contributed by atoms with Gasteiger partial charge in [0.2, 0.25) is 0 Å². The Labute approximate surface area is 195 Å². The number of carboxylic acids is 1. The first kappa shape index (κ1) is 22.1. The topological polar surface area (TPSA) is 70.3 Å². The number of hydrogen-bond acceptors (Lipinski definition) is 3. The lowest BCUT2D eigenvalue weighted by molar-refractivity contribution is 0.0697. The summed E-state index contributed by atoms with van der Waals surface area (Å²) in [5, 5.41) is 19.0. The molecule has 30 heavy (non-hydrogen) atoms. The van der Waals surface area contributed by atoms with Crippen LogP contribution in [0.1, 0.15) is 27.0 Å². The predicted octanol–water partition coefficient (Wildman–Crippen LogP) is 7.21. The van der Waals surface area contributed by atoms with Crippen molar-refractivity contribution in [2.75, 3.05) is 0 Å². The molecule has 1 N–H and O–H groups in total. The molecule has 0 aliphatic rings. The first-order valence-corrected chi connectivity index (χ1v) is 10.7. The number of aromatic carboxylic acids is 1. The molecule has 0 saturated carbocycles. The molecule has 0 bridgehead atoms. The van der Waals surface area contributed by atoms with Crippen LogP contribution >= 0.6 is 43.5 Å². The van der Waals surface area contributed by atoms with Crippen LogP contribution in [0.25, 0.3) is 11.6 Å². The third-order valence-corrected chi connectivity index (χ3v) is 5.59. The second kappa shape index (κ2) is 9.94. The maximum atomic E-state index is 11.0. The van der Waals surface area contributed by atoms with Gasteiger partial charge in [-0.25, -0.2) is 4.79 Å². The number of carboxylic acid groups (broad SMARTS) is 1. The van der Waals surface area contributed by atoms with E-state index in [9.17, 15) is 10.1 Å². The van der Waals surface area contributed by atoms with Gasteiger partial charge in [-0.2, -0.15) is 5.26 Å². The number of hydrogen-bond donors (Lipinski definition) is 1. The van der Waals surface area contributed by atoms with Crippen LogP contribution in [0.4, 0.5) is 0 Å². The van der Waals surface area contributed by atoms with Crippen LogP contribution in [-0.2, 0) is 6.61 Å². The van der Waals surface area contributed by atoms with E-state index in [1.54, 1.807) is 24.3 Å². The molecular formula is C23H14Br2ClNO3.